The van der Waals surface area contributed by atoms with E-state index in [1.165, 1.54) is 6.20 Å². The van der Waals surface area contributed by atoms with Crippen LogP contribution in [0.15, 0.2) is 18.3 Å². The summed E-state index contributed by atoms with van der Waals surface area (Å²) < 4.78 is 5.20. The summed E-state index contributed by atoms with van der Waals surface area (Å²) in [5.41, 5.74) is 6.35. The first-order valence-electron chi connectivity index (χ1n) is 6.45. The molecule has 0 saturated carbocycles. The van der Waals surface area contributed by atoms with Crippen molar-refractivity contribution in [2.75, 3.05) is 52.1 Å². The Morgan fingerprint density at radius 1 is 1.37 bits per heavy atom. The van der Waals surface area contributed by atoms with Gasteiger partial charge in [0.1, 0.15) is 12.3 Å². The van der Waals surface area contributed by atoms with Gasteiger partial charge in [0.2, 0.25) is 0 Å². The van der Waals surface area contributed by atoms with Crippen molar-refractivity contribution in [1.82, 2.24) is 14.8 Å². The summed E-state index contributed by atoms with van der Waals surface area (Å²) >= 11 is 0. The van der Waals surface area contributed by atoms with Crippen LogP contribution in [0.4, 0.5) is 5.69 Å². The minimum Gasteiger partial charge on any atom is -0.460 e. The fraction of sp³-hybridized carbons (Fsp3) is 0.538. The predicted molar refractivity (Wildman–Crippen MR) is 72.9 cm³/mol. The fourth-order valence-electron chi connectivity index (χ4n) is 1.94. The molecule has 2 heterocycles. The van der Waals surface area contributed by atoms with Gasteiger partial charge in [-0.2, -0.15) is 0 Å². The molecule has 0 unspecified atom stereocenters. The molecule has 1 aliphatic rings. The van der Waals surface area contributed by atoms with Gasteiger partial charge in [0.15, 0.2) is 0 Å². The summed E-state index contributed by atoms with van der Waals surface area (Å²) in [7, 11) is 2.12. The molecule has 0 spiro atoms. The highest BCUT2D eigenvalue weighted by atomic mass is 16.5. The van der Waals surface area contributed by atoms with E-state index in [9.17, 15) is 4.79 Å². The van der Waals surface area contributed by atoms with Crippen LogP contribution < -0.4 is 5.73 Å². The van der Waals surface area contributed by atoms with E-state index in [1.54, 1.807) is 12.1 Å². The number of pyridine rings is 1. The van der Waals surface area contributed by atoms with E-state index in [1.807, 2.05) is 0 Å². The maximum absolute atomic E-state index is 11.7. The topological polar surface area (TPSA) is 71.7 Å². The lowest BCUT2D eigenvalue weighted by Gasteiger charge is -2.31. The molecule has 6 nitrogen and oxygen atoms in total. The third kappa shape index (κ3) is 4.18. The molecule has 0 bridgehead atoms. The standard InChI is InChI=1S/C13H20N4O2/c1-16-4-6-17(7-5-16)8-9-19-13(18)12-3-2-11(14)10-15-12/h2-3,10H,4-9,14H2,1H3. The normalized spacial score (nSPS) is 17.3. The van der Waals surface area contributed by atoms with Crippen LogP contribution in [0.3, 0.4) is 0 Å². The third-order valence-corrected chi connectivity index (χ3v) is 3.23. The molecule has 0 amide bonds. The van der Waals surface area contributed by atoms with E-state index in [-0.39, 0.29) is 0 Å². The number of anilines is 1. The first-order chi connectivity index (χ1) is 9.15. The Labute approximate surface area is 113 Å². The molecule has 2 rings (SSSR count). The molecule has 0 aliphatic carbocycles. The van der Waals surface area contributed by atoms with Crippen molar-refractivity contribution in [3.63, 3.8) is 0 Å². The van der Waals surface area contributed by atoms with Crippen LogP contribution in [0, 0.1) is 0 Å². The number of likely N-dealkylation sites (N-methyl/N-ethyl adjacent to an activating group) is 1. The number of carbonyl (C=O) groups excluding carboxylic acids is 1. The lowest BCUT2D eigenvalue weighted by Crippen LogP contribution is -2.45. The molecule has 1 aromatic heterocycles. The number of ether oxygens (including phenoxy) is 1. The molecule has 2 N–H and O–H groups in total. The Balaban J connectivity index is 1.70. The van der Waals surface area contributed by atoms with Crippen molar-refractivity contribution < 1.29 is 9.53 Å². The van der Waals surface area contributed by atoms with E-state index in [4.69, 9.17) is 10.5 Å². The molecule has 1 aliphatic heterocycles. The van der Waals surface area contributed by atoms with E-state index < -0.39 is 5.97 Å². The van der Waals surface area contributed by atoms with Crippen molar-refractivity contribution in [1.29, 1.82) is 0 Å². The second-order valence-electron chi connectivity index (χ2n) is 4.76. The van der Waals surface area contributed by atoms with Gasteiger partial charge in [-0.3, -0.25) is 4.90 Å². The second kappa shape index (κ2) is 6.49. The van der Waals surface area contributed by atoms with Gasteiger partial charge in [-0.25, -0.2) is 9.78 Å². The summed E-state index contributed by atoms with van der Waals surface area (Å²) in [6.07, 6.45) is 1.46. The van der Waals surface area contributed by atoms with E-state index in [0.29, 0.717) is 18.0 Å². The second-order valence-corrected chi connectivity index (χ2v) is 4.76. The number of hydrogen-bond donors (Lipinski definition) is 1. The quantitative estimate of drug-likeness (QED) is 0.776. The Hall–Kier alpha value is -1.66. The highest BCUT2D eigenvalue weighted by Crippen LogP contribution is 2.03. The molecule has 19 heavy (non-hydrogen) atoms. The first-order valence-corrected chi connectivity index (χ1v) is 6.45. The summed E-state index contributed by atoms with van der Waals surface area (Å²) in [5.74, 6) is -0.394. The zero-order chi connectivity index (χ0) is 13.7. The molecule has 104 valence electrons. The molecule has 1 aromatic rings. The maximum Gasteiger partial charge on any atom is 0.356 e. The van der Waals surface area contributed by atoms with Crippen LogP contribution in [0.5, 0.6) is 0 Å². The summed E-state index contributed by atoms with van der Waals surface area (Å²) in [6, 6.07) is 3.22. The summed E-state index contributed by atoms with van der Waals surface area (Å²) in [6.45, 7) is 5.34. The summed E-state index contributed by atoms with van der Waals surface area (Å²) in [5, 5.41) is 0. The van der Waals surface area contributed by atoms with Crippen LogP contribution in [0.2, 0.25) is 0 Å². The van der Waals surface area contributed by atoms with Crippen LogP contribution in [0.1, 0.15) is 10.5 Å². The number of nitrogens with two attached hydrogens (primary N) is 1. The molecule has 0 aromatic carbocycles. The van der Waals surface area contributed by atoms with Crippen LogP contribution >= 0.6 is 0 Å². The molecule has 1 saturated heterocycles. The zero-order valence-electron chi connectivity index (χ0n) is 11.2. The van der Waals surface area contributed by atoms with Crippen LogP contribution in [-0.4, -0.2) is 67.1 Å². The van der Waals surface area contributed by atoms with Crippen molar-refractivity contribution in [3.8, 4) is 0 Å². The molecule has 0 radical (unpaired) electrons. The molecular formula is C13H20N4O2. The van der Waals surface area contributed by atoms with Gasteiger partial charge in [0, 0.05) is 32.7 Å². The van der Waals surface area contributed by atoms with Crippen LogP contribution in [0.25, 0.3) is 0 Å². The molecule has 1 fully saturated rings. The van der Waals surface area contributed by atoms with Crippen molar-refractivity contribution in [3.05, 3.63) is 24.0 Å². The van der Waals surface area contributed by atoms with Gasteiger partial charge in [-0.05, 0) is 19.2 Å². The minimum atomic E-state index is -0.394. The Bertz CT molecular complexity index is 413. The van der Waals surface area contributed by atoms with Gasteiger partial charge in [0.25, 0.3) is 0 Å². The van der Waals surface area contributed by atoms with Gasteiger partial charge in [-0.1, -0.05) is 0 Å². The van der Waals surface area contributed by atoms with Crippen LogP contribution in [-0.2, 0) is 4.74 Å². The van der Waals surface area contributed by atoms with Gasteiger partial charge in [-0.15, -0.1) is 0 Å². The number of nitrogen functional groups attached to an aromatic ring is 1. The molecule has 6 heteroatoms. The zero-order valence-corrected chi connectivity index (χ0v) is 11.2. The lowest BCUT2D eigenvalue weighted by atomic mass is 10.3. The number of nitrogens with zero attached hydrogens (tertiary/aromatic N) is 3. The predicted octanol–water partition coefficient (Wildman–Crippen LogP) is 0.0680. The number of aromatic nitrogens is 1. The minimum absolute atomic E-state index is 0.299. The van der Waals surface area contributed by atoms with Crippen molar-refractivity contribution >= 4 is 11.7 Å². The SMILES string of the molecule is CN1CCN(CCOC(=O)c2ccc(N)cn2)CC1. The number of carbonyl (C=O) groups is 1. The average molecular weight is 264 g/mol. The number of piperazine rings is 1. The van der Waals surface area contributed by atoms with E-state index >= 15 is 0 Å². The monoisotopic (exact) mass is 264 g/mol. The average Bonchev–Trinajstić information content (AvgIpc) is 2.41. The third-order valence-electron chi connectivity index (χ3n) is 3.23. The van der Waals surface area contributed by atoms with E-state index in [0.717, 1.165) is 32.7 Å². The van der Waals surface area contributed by atoms with Crippen molar-refractivity contribution in [2.45, 2.75) is 0 Å². The number of esters is 1. The van der Waals surface area contributed by atoms with E-state index in [2.05, 4.69) is 21.8 Å². The molecular weight excluding hydrogens is 244 g/mol. The maximum atomic E-state index is 11.7. The molecule has 0 atom stereocenters. The Morgan fingerprint density at radius 2 is 2.11 bits per heavy atom. The Kier molecular flexibility index (Phi) is 4.70. The highest BCUT2D eigenvalue weighted by molar-refractivity contribution is 5.87. The number of hydrogen-bond acceptors (Lipinski definition) is 6. The Morgan fingerprint density at radius 3 is 2.74 bits per heavy atom. The lowest BCUT2D eigenvalue weighted by molar-refractivity contribution is 0.0426. The smallest absolute Gasteiger partial charge is 0.356 e. The fourth-order valence-corrected chi connectivity index (χ4v) is 1.94. The summed E-state index contributed by atoms with van der Waals surface area (Å²) in [4.78, 5) is 20.2. The first kappa shape index (κ1) is 13.8. The largest absolute Gasteiger partial charge is 0.460 e. The van der Waals surface area contributed by atoms with Crippen molar-refractivity contribution in [2.24, 2.45) is 0 Å². The number of rotatable bonds is 4. The van der Waals surface area contributed by atoms with Gasteiger partial charge < -0.3 is 15.4 Å². The highest BCUT2D eigenvalue weighted by Gasteiger charge is 2.14. The van der Waals surface area contributed by atoms with Gasteiger partial charge >= 0.3 is 5.97 Å². The van der Waals surface area contributed by atoms with Gasteiger partial charge in [0.05, 0.1) is 11.9 Å².